The Morgan fingerprint density at radius 3 is 2.65 bits per heavy atom. The van der Waals surface area contributed by atoms with Gasteiger partial charge in [0.15, 0.2) is 6.61 Å². The minimum atomic E-state index is -0.279. The summed E-state index contributed by atoms with van der Waals surface area (Å²) in [4.78, 5) is 22.6. The monoisotopic (exact) mass is 379 g/mol. The molecule has 0 atom stereocenters. The fraction of sp³-hybridized carbons (Fsp3) is 0.294. The van der Waals surface area contributed by atoms with Gasteiger partial charge < -0.3 is 14.8 Å². The normalized spacial score (nSPS) is 10.3. The van der Waals surface area contributed by atoms with Crippen LogP contribution in [0, 0.1) is 0 Å². The molecule has 0 aliphatic carbocycles. The number of nitrogens with one attached hydrogen (secondary N) is 1. The number of carbonyl (C=O) groups is 2. The van der Waals surface area contributed by atoms with Crippen LogP contribution in [-0.4, -0.2) is 32.1 Å². The summed E-state index contributed by atoms with van der Waals surface area (Å²) in [6, 6.07) is 11.6. The second kappa shape index (κ2) is 8.53. The van der Waals surface area contributed by atoms with Crippen molar-refractivity contribution in [2.75, 3.05) is 20.3 Å². The van der Waals surface area contributed by atoms with E-state index in [4.69, 9.17) is 4.74 Å². The maximum atomic E-state index is 11.7. The number of hydrogen-bond acceptors (Lipinski definition) is 4. The highest BCUT2D eigenvalue weighted by atomic mass is 79.9. The molecular weight excluding hydrogens is 362 g/mol. The lowest BCUT2D eigenvalue weighted by Crippen LogP contribution is -2.30. The lowest BCUT2D eigenvalue weighted by molar-refractivity contribution is -0.140. The van der Waals surface area contributed by atoms with E-state index in [-0.39, 0.29) is 24.9 Å². The zero-order valence-corrected chi connectivity index (χ0v) is 14.4. The average Bonchev–Trinajstić information content (AvgIpc) is 2.56. The molecule has 0 bridgehead atoms. The van der Waals surface area contributed by atoms with Crippen LogP contribution in [-0.2, 0) is 14.3 Å². The summed E-state index contributed by atoms with van der Waals surface area (Å²) in [5.41, 5.74) is 0. The molecule has 2 aromatic carbocycles. The maximum Gasteiger partial charge on any atom is 0.305 e. The predicted octanol–water partition coefficient (Wildman–Crippen LogP) is 3.05. The number of fused-ring (bicyclic) bond motifs is 1. The Hall–Kier alpha value is -2.08. The van der Waals surface area contributed by atoms with Gasteiger partial charge in [-0.2, -0.15) is 0 Å². The number of benzene rings is 2. The van der Waals surface area contributed by atoms with Crippen molar-refractivity contribution >= 4 is 38.6 Å². The summed E-state index contributed by atoms with van der Waals surface area (Å²) >= 11 is 3.43. The van der Waals surface area contributed by atoms with Gasteiger partial charge in [0.1, 0.15) is 5.75 Å². The van der Waals surface area contributed by atoms with Crippen LogP contribution < -0.4 is 10.1 Å². The van der Waals surface area contributed by atoms with Crippen molar-refractivity contribution in [1.82, 2.24) is 5.32 Å². The number of esters is 1. The first-order valence-corrected chi connectivity index (χ1v) is 8.03. The van der Waals surface area contributed by atoms with Crippen LogP contribution in [0.3, 0.4) is 0 Å². The number of carbonyl (C=O) groups excluding carboxylic acids is 2. The van der Waals surface area contributed by atoms with Crippen LogP contribution >= 0.6 is 15.9 Å². The SMILES string of the molecule is COC(=O)CCCNC(=O)COc1ccc2cc(Br)ccc2c1. The number of ether oxygens (including phenoxy) is 2. The Balaban J connectivity index is 1.78. The highest BCUT2D eigenvalue weighted by Gasteiger charge is 2.05. The molecule has 2 aromatic rings. The lowest BCUT2D eigenvalue weighted by atomic mass is 10.1. The summed E-state index contributed by atoms with van der Waals surface area (Å²) in [5.74, 6) is 0.147. The van der Waals surface area contributed by atoms with Crippen molar-refractivity contribution in [2.24, 2.45) is 0 Å². The minimum Gasteiger partial charge on any atom is -0.484 e. The fourth-order valence-corrected chi connectivity index (χ4v) is 2.43. The highest BCUT2D eigenvalue weighted by Crippen LogP contribution is 2.24. The largest absolute Gasteiger partial charge is 0.484 e. The summed E-state index contributed by atoms with van der Waals surface area (Å²) in [6.07, 6.45) is 0.834. The molecule has 0 radical (unpaired) electrons. The highest BCUT2D eigenvalue weighted by molar-refractivity contribution is 9.10. The van der Waals surface area contributed by atoms with Crippen LogP contribution in [0.4, 0.5) is 0 Å². The number of rotatable bonds is 7. The molecule has 1 amide bonds. The Labute approximate surface area is 143 Å². The van der Waals surface area contributed by atoms with Crippen molar-refractivity contribution in [3.8, 4) is 5.75 Å². The summed E-state index contributed by atoms with van der Waals surface area (Å²) in [5, 5.41) is 4.84. The van der Waals surface area contributed by atoms with Crippen molar-refractivity contribution in [2.45, 2.75) is 12.8 Å². The van der Waals surface area contributed by atoms with Crippen LogP contribution in [0.25, 0.3) is 10.8 Å². The number of amides is 1. The van der Waals surface area contributed by atoms with E-state index in [0.29, 0.717) is 18.7 Å². The average molecular weight is 380 g/mol. The second-order valence-electron chi connectivity index (χ2n) is 4.97. The molecule has 6 heteroatoms. The number of halogens is 1. The van der Waals surface area contributed by atoms with Crippen molar-refractivity contribution < 1.29 is 19.1 Å². The van der Waals surface area contributed by atoms with Crippen molar-refractivity contribution in [3.05, 3.63) is 40.9 Å². The molecule has 5 nitrogen and oxygen atoms in total. The molecule has 0 aliphatic heterocycles. The summed E-state index contributed by atoms with van der Waals surface area (Å²) < 4.78 is 11.0. The van der Waals surface area contributed by atoms with Gasteiger partial charge in [0, 0.05) is 17.4 Å². The molecule has 122 valence electrons. The Kier molecular flexibility index (Phi) is 6.40. The van der Waals surface area contributed by atoms with Crippen LogP contribution in [0.1, 0.15) is 12.8 Å². The lowest BCUT2D eigenvalue weighted by Gasteiger charge is -2.08. The first kappa shape index (κ1) is 17.3. The van der Waals surface area contributed by atoms with E-state index >= 15 is 0 Å². The molecule has 0 fully saturated rings. The molecular formula is C17H18BrNO4. The molecule has 0 saturated carbocycles. The van der Waals surface area contributed by atoms with Gasteiger partial charge >= 0.3 is 5.97 Å². The van der Waals surface area contributed by atoms with E-state index in [9.17, 15) is 9.59 Å². The van der Waals surface area contributed by atoms with E-state index in [1.54, 1.807) is 0 Å². The first-order valence-electron chi connectivity index (χ1n) is 7.24. The topological polar surface area (TPSA) is 64.6 Å². The number of methoxy groups -OCH3 is 1. The molecule has 1 N–H and O–H groups in total. The molecule has 0 saturated heterocycles. The molecule has 0 unspecified atom stereocenters. The molecule has 0 heterocycles. The van der Waals surface area contributed by atoms with E-state index in [2.05, 4.69) is 26.0 Å². The summed E-state index contributed by atoms with van der Waals surface area (Å²) in [7, 11) is 1.34. The van der Waals surface area contributed by atoms with Gasteiger partial charge in [0.25, 0.3) is 5.91 Å². The third-order valence-electron chi connectivity index (χ3n) is 3.25. The van der Waals surface area contributed by atoms with Gasteiger partial charge in [-0.05, 0) is 41.5 Å². The van der Waals surface area contributed by atoms with E-state index in [1.165, 1.54) is 7.11 Å². The Morgan fingerprint density at radius 2 is 1.87 bits per heavy atom. The van der Waals surface area contributed by atoms with Crippen LogP contribution in [0.5, 0.6) is 5.75 Å². The van der Waals surface area contributed by atoms with Crippen LogP contribution in [0.15, 0.2) is 40.9 Å². The molecule has 23 heavy (non-hydrogen) atoms. The third-order valence-corrected chi connectivity index (χ3v) is 3.74. The van der Waals surface area contributed by atoms with E-state index in [0.717, 1.165) is 15.2 Å². The van der Waals surface area contributed by atoms with Gasteiger partial charge in [0.2, 0.25) is 0 Å². The van der Waals surface area contributed by atoms with Crippen molar-refractivity contribution in [1.29, 1.82) is 0 Å². The first-order chi connectivity index (χ1) is 11.1. The van der Waals surface area contributed by atoms with Gasteiger partial charge in [0.05, 0.1) is 7.11 Å². The third kappa shape index (κ3) is 5.56. The quantitative estimate of drug-likeness (QED) is 0.593. The van der Waals surface area contributed by atoms with Crippen molar-refractivity contribution in [3.63, 3.8) is 0 Å². The van der Waals surface area contributed by atoms with E-state index in [1.807, 2.05) is 36.4 Å². The Bertz CT molecular complexity index is 702. The van der Waals surface area contributed by atoms with Gasteiger partial charge in [-0.1, -0.05) is 28.1 Å². The minimum absolute atomic E-state index is 0.0553. The molecule has 2 rings (SSSR count). The second-order valence-corrected chi connectivity index (χ2v) is 5.89. The zero-order chi connectivity index (χ0) is 16.7. The summed E-state index contributed by atoms with van der Waals surface area (Å²) in [6.45, 7) is 0.364. The Morgan fingerprint density at radius 1 is 1.13 bits per heavy atom. The maximum absolute atomic E-state index is 11.7. The number of hydrogen-bond donors (Lipinski definition) is 1. The van der Waals surface area contributed by atoms with E-state index < -0.39 is 0 Å². The fourth-order valence-electron chi connectivity index (χ4n) is 2.05. The molecule has 0 aliphatic rings. The zero-order valence-electron chi connectivity index (χ0n) is 12.8. The van der Waals surface area contributed by atoms with Gasteiger partial charge in [-0.25, -0.2) is 0 Å². The molecule has 0 aromatic heterocycles. The predicted molar refractivity (Wildman–Crippen MR) is 91.4 cm³/mol. The smallest absolute Gasteiger partial charge is 0.305 e. The van der Waals surface area contributed by atoms with Gasteiger partial charge in [-0.15, -0.1) is 0 Å². The van der Waals surface area contributed by atoms with Gasteiger partial charge in [-0.3, -0.25) is 9.59 Å². The standard InChI is InChI=1S/C17H18BrNO4/c1-22-17(21)3-2-8-19-16(20)11-23-15-7-5-12-9-14(18)6-4-13(12)10-15/h4-7,9-10H,2-3,8,11H2,1H3,(H,19,20). The molecule has 0 spiro atoms. The van der Waals surface area contributed by atoms with Crippen LogP contribution in [0.2, 0.25) is 0 Å².